The van der Waals surface area contributed by atoms with E-state index in [1.165, 1.54) is 15.8 Å². The van der Waals surface area contributed by atoms with Crippen LogP contribution in [0.4, 0.5) is 11.9 Å². The molecule has 0 amide bonds. The molecule has 4 rings (SSSR count). The number of rotatable bonds is 6. The highest BCUT2D eigenvalue weighted by atomic mass is 16.2. The van der Waals surface area contributed by atoms with Gasteiger partial charge in [0.15, 0.2) is 0 Å². The van der Waals surface area contributed by atoms with Crippen molar-refractivity contribution in [1.82, 2.24) is 14.8 Å². The number of hydrogen-bond acceptors (Lipinski definition) is 5. The van der Waals surface area contributed by atoms with E-state index in [4.69, 9.17) is 0 Å². The summed E-state index contributed by atoms with van der Waals surface area (Å²) in [5.41, 5.74) is 4.37. The molecule has 0 spiro atoms. The molecule has 1 aromatic heterocycles. The van der Waals surface area contributed by atoms with Crippen LogP contribution in [0, 0.1) is 0 Å². The largest absolute Gasteiger partial charge is 0.349 e. The quantitative estimate of drug-likeness (QED) is 0.704. The first-order valence-corrected chi connectivity index (χ1v) is 9.18. The molecule has 136 valence electrons. The molecule has 3 aromatic rings. The van der Waals surface area contributed by atoms with E-state index in [2.05, 4.69) is 63.7 Å². The monoisotopic (exact) mass is 359 g/mol. The van der Waals surface area contributed by atoms with Crippen molar-refractivity contribution in [3.63, 3.8) is 0 Å². The van der Waals surface area contributed by atoms with E-state index >= 15 is 0 Å². The van der Waals surface area contributed by atoms with Gasteiger partial charge >= 0.3 is 0 Å². The van der Waals surface area contributed by atoms with Crippen LogP contribution in [0.5, 0.6) is 0 Å². The lowest BCUT2D eigenvalue weighted by atomic mass is 10.0. The summed E-state index contributed by atoms with van der Waals surface area (Å²) in [5, 5.41) is 7.42. The van der Waals surface area contributed by atoms with E-state index in [9.17, 15) is 4.79 Å². The summed E-state index contributed by atoms with van der Waals surface area (Å²) < 4.78 is 1.29. The van der Waals surface area contributed by atoms with Crippen molar-refractivity contribution in [3.8, 4) is 11.1 Å². The van der Waals surface area contributed by atoms with Gasteiger partial charge in [-0.2, -0.15) is 9.67 Å². The maximum absolute atomic E-state index is 12.2. The molecule has 1 aliphatic rings. The highest BCUT2D eigenvalue weighted by molar-refractivity contribution is 6.05. The second-order valence-electron chi connectivity index (χ2n) is 6.56. The minimum atomic E-state index is -0.0729. The van der Waals surface area contributed by atoms with Crippen molar-refractivity contribution in [2.24, 2.45) is 4.99 Å². The number of fused-ring (bicyclic) bond motifs is 1. The van der Waals surface area contributed by atoms with Gasteiger partial charge in [0, 0.05) is 12.3 Å². The fourth-order valence-corrected chi connectivity index (χ4v) is 3.11. The van der Waals surface area contributed by atoms with Crippen LogP contribution in [0.1, 0.15) is 36.5 Å². The summed E-state index contributed by atoms with van der Waals surface area (Å²) in [6.07, 6.45) is 2.10. The van der Waals surface area contributed by atoms with E-state index < -0.39 is 0 Å². The van der Waals surface area contributed by atoms with E-state index in [0.29, 0.717) is 24.9 Å². The summed E-state index contributed by atoms with van der Waals surface area (Å²) in [4.78, 5) is 21.0. The number of nitrogens with zero attached hydrogens (tertiary/aromatic N) is 4. The predicted octanol–water partition coefficient (Wildman–Crippen LogP) is 4.47. The van der Waals surface area contributed by atoms with Crippen LogP contribution >= 0.6 is 0 Å². The lowest BCUT2D eigenvalue weighted by Crippen LogP contribution is -2.21. The molecule has 0 radical (unpaired) electrons. The number of nitrogens with one attached hydrogen (secondary N) is 1. The maximum Gasteiger partial charge on any atom is 0.257 e. The Kier molecular flexibility index (Phi) is 4.78. The van der Waals surface area contributed by atoms with Crippen molar-refractivity contribution < 1.29 is 4.79 Å². The zero-order valence-corrected chi connectivity index (χ0v) is 15.2. The molecule has 1 N–H and O–H groups in total. The highest BCUT2D eigenvalue weighted by Crippen LogP contribution is 2.22. The van der Waals surface area contributed by atoms with Gasteiger partial charge in [0.2, 0.25) is 5.95 Å². The molecule has 2 heterocycles. The summed E-state index contributed by atoms with van der Waals surface area (Å²) in [7, 11) is 0. The van der Waals surface area contributed by atoms with Gasteiger partial charge in [0.1, 0.15) is 0 Å². The van der Waals surface area contributed by atoms with Crippen molar-refractivity contribution in [3.05, 3.63) is 60.2 Å². The Labute approximate surface area is 158 Å². The molecule has 27 heavy (non-hydrogen) atoms. The van der Waals surface area contributed by atoms with Crippen molar-refractivity contribution in [2.45, 2.75) is 32.7 Å². The van der Waals surface area contributed by atoms with Gasteiger partial charge in [-0.15, -0.1) is 5.10 Å². The fourth-order valence-electron chi connectivity index (χ4n) is 3.11. The van der Waals surface area contributed by atoms with Gasteiger partial charge in [-0.1, -0.05) is 67.9 Å². The van der Waals surface area contributed by atoms with E-state index in [0.717, 1.165) is 24.1 Å². The molecule has 6 nitrogen and oxygen atoms in total. The molecule has 2 aromatic carbocycles. The molecule has 1 aliphatic heterocycles. The average molecular weight is 359 g/mol. The number of benzene rings is 2. The fraction of sp³-hybridized carbons (Fsp3) is 0.238. The number of aromatic nitrogens is 3. The van der Waals surface area contributed by atoms with Crippen LogP contribution in [-0.2, 0) is 6.54 Å². The average Bonchev–Trinajstić information content (AvgIpc) is 3.11. The third-order valence-electron chi connectivity index (χ3n) is 4.49. The predicted molar refractivity (Wildman–Crippen MR) is 106 cm³/mol. The Morgan fingerprint density at radius 3 is 2.52 bits per heavy atom. The lowest BCUT2D eigenvalue weighted by molar-refractivity contribution is 0.0905. The Hall–Kier alpha value is -3.28. The van der Waals surface area contributed by atoms with E-state index in [1.807, 2.05) is 18.2 Å². The van der Waals surface area contributed by atoms with Gasteiger partial charge in [0.05, 0.1) is 6.42 Å². The molecule has 0 fully saturated rings. The zero-order chi connectivity index (χ0) is 18.6. The van der Waals surface area contributed by atoms with Crippen LogP contribution in [0.25, 0.3) is 11.1 Å². The van der Waals surface area contributed by atoms with Crippen LogP contribution in [-0.4, -0.2) is 26.4 Å². The van der Waals surface area contributed by atoms with Crippen molar-refractivity contribution in [2.75, 3.05) is 5.32 Å². The van der Waals surface area contributed by atoms with Crippen molar-refractivity contribution in [1.29, 1.82) is 0 Å². The Morgan fingerprint density at radius 2 is 1.78 bits per heavy atom. The first-order chi connectivity index (χ1) is 13.2. The van der Waals surface area contributed by atoms with E-state index in [-0.39, 0.29) is 5.91 Å². The standard InChI is InChI=1S/C21H21N5O/c1-2-6-18-13-19(27)26-21(23-18)24-20(25-26)22-14-15-9-11-17(12-10-15)16-7-4-3-5-8-16/h3-5,7-12H,2,6,13-14H2,1H3,(H,22,25). The zero-order valence-electron chi connectivity index (χ0n) is 15.2. The van der Waals surface area contributed by atoms with Gasteiger partial charge in [-0.05, 0) is 23.1 Å². The normalized spacial score (nSPS) is 13.2. The second-order valence-corrected chi connectivity index (χ2v) is 6.56. The van der Waals surface area contributed by atoms with Crippen LogP contribution in [0.3, 0.4) is 0 Å². The SMILES string of the molecule is CCCC1=Nc2nc(NCc3ccc(-c4ccccc4)cc3)nn2C(=O)C1. The van der Waals surface area contributed by atoms with Crippen LogP contribution in [0.2, 0.25) is 0 Å². The Morgan fingerprint density at radius 1 is 1.04 bits per heavy atom. The first kappa shape index (κ1) is 17.1. The molecule has 0 atom stereocenters. The summed E-state index contributed by atoms with van der Waals surface area (Å²) in [6, 6.07) is 18.6. The molecule has 0 unspecified atom stereocenters. The smallest absolute Gasteiger partial charge is 0.257 e. The molecule has 0 aliphatic carbocycles. The first-order valence-electron chi connectivity index (χ1n) is 9.18. The molecule has 0 bridgehead atoms. The minimum Gasteiger partial charge on any atom is -0.349 e. The number of anilines is 1. The second kappa shape index (κ2) is 7.53. The molecule has 6 heteroatoms. The summed E-state index contributed by atoms with van der Waals surface area (Å²) in [5.74, 6) is 0.722. The number of aliphatic imine (C=N–C) groups is 1. The van der Waals surface area contributed by atoms with Crippen LogP contribution in [0.15, 0.2) is 59.6 Å². The number of carbonyl (C=O) groups excluding carboxylic acids is 1. The maximum atomic E-state index is 12.2. The number of carbonyl (C=O) groups is 1. The molecule has 0 saturated carbocycles. The topological polar surface area (TPSA) is 72.2 Å². The third-order valence-corrected chi connectivity index (χ3v) is 4.49. The van der Waals surface area contributed by atoms with Crippen molar-refractivity contribution >= 4 is 23.5 Å². The third kappa shape index (κ3) is 3.79. The van der Waals surface area contributed by atoms with Gasteiger partial charge in [-0.3, -0.25) is 4.79 Å². The minimum absolute atomic E-state index is 0.0729. The van der Waals surface area contributed by atoms with Gasteiger partial charge in [0.25, 0.3) is 11.9 Å². The van der Waals surface area contributed by atoms with Gasteiger partial charge < -0.3 is 5.32 Å². The highest BCUT2D eigenvalue weighted by Gasteiger charge is 2.22. The molecular formula is C21H21N5O. The lowest BCUT2D eigenvalue weighted by Gasteiger charge is -2.09. The van der Waals surface area contributed by atoms with E-state index in [1.54, 1.807) is 0 Å². The Bertz CT molecular complexity index is 974. The summed E-state index contributed by atoms with van der Waals surface area (Å²) in [6.45, 7) is 2.65. The molecule has 0 saturated heterocycles. The molecular weight excluding hydrogens is 338 g/mol. The summed E-state index contributed by atoms with van der Waals surface area (Å²) >= 11 is 0. The van der Waals surface area contributed by atoms with Crippen LogP contribution < -0.4 is 5.32 Å². The Balaban J connectivity index is 1.44. The number of hydrogen-bond donors (Lipinski definition) is 1. The van der Waals surface area contributed by atoms with Gasteiger partial charge in [-0.25, -0.2) is 4.99 Å².